The molecule has 0 aliphatic carbocycles. The first-order valence-electron chi connectivity index (χ1n) is 5.33. The maximum atomic E-state index is 5.80. The van der Waals surface area contributed by atoms with Gasteiger partial charge < -0.3 is 10.3 Å². The zero-order valence-electron chi connectivity index (χ0n) is 9.21. The van der Waals surface area contributed by atoms with Crippen molar-refractivity contribution in [1.29, 1.82) is 0 Å². The Kier molecular flexibility index (Phi) is 3.28. The molecule has 0 aliphatic rings. The average molecular weight is 343 g/mol. The molecule has 0 unspecified atom stereocenters. The van der Waals surface area contributed by atoms with E-state index in [2.05, 4.69) is 49.4 Å². The molecule has 0 atom stereocenters. The molecule has 0 aliphatic heterocycles. The van der Waals surface area contributed by atoms with Crippen LogP contribution in [0.2, 0.25) is 4.47 Å². The van der Waals surface area contributed by atoms with Crippen LogP contribution in [0.1, 0.15) is 4.88 Å². The normalized spacial score (nSPS) is 11.0. The predicted molar refractivity (Wildman–Crippen MR) is 80.4 cm³/mol. The third kappa shape index (κ3) is 2.39. The molecule has 1 aromatic carbocycles. The molecular weight excluding hydrogens is 334 g/mol. The highest BCUT2D eigenvalue weighted by molar-refractivity contribution is 9.10. The fourth-order valence-electron chi connectivity index (χ4n) is 1.78. The summed E-state index contributed by atoms with van der Waals surface area (Å²) in [6, 6.07) is 6.22. The Morgan fingerprint density at radius 3 is 3.11 bits per heavy atom. The van der Waals surface area contributed by atoms with Crippen LogP contribution in [0.25, 0.3) is 10.9 Å². The molecule has 0 bridgehead atoms. The van der Waals surface area contributed by atoms with Gasteiger partial charge in [0.15, 0.2) is 4.47 Å². The van der Waals surface area contributed by atoms with E-state index in [0.717, 1.165) is 27.1 Å². The minimum absolute atomic E-state index is 0.578. The highest BCUT2D eigenvalue weighted by atomic mass is 79.9. The van der Waals surface area contributed by atoms with Gasteiger partial charge in [0.05, 0.1) is 12.1 Å². The standard InChI is InChI=1S/C12H9BrClN3S/c13-10-4-8(3-7-1-2-15-11(7)10)16-5-9-6-17-12(14)18-9/h1-4,6,15-16H,5H2. The van der Waals surface area contributed by atoms with E-state index in [4.69, 9.17) is 11.6 Å². The van der Waals surface area contributed by atoms with Crippen LogP contribution in [0.4, 0.5) is 5.69 Å². The molecule has 3 aromatic rings. The first-order chi connectivity index (χ1) is 8.72. The highest BCUT2D eigenvalue weighted by Gasteiger charge is 2.04. The van der Waals surface area contributed by atoms with Crippen molar-refractivity contribution < 1.29 is 0 Å². The lowest BCUT2D eigenvalue weighted by molar-refractivity contribution is 1.18. The van der Waals surface area contributed by atoms with E-state index >= 15 is 0 Å². The zero-order chi connectivity index (χ0) is 12.5. The van der Waals surface area contributed by atoms with Gasteiger partial charge in [0.25, 0.3) is 0 Å². The van der Waals surface area contributed by atoms with Crippen LogP contribution in [-0.4, -0.2) is 9.97 Å². The summed E-state index contributed by atoms with van der Waals surface area (Å²) in [6.07, 6.45) is 3.73. The Hall–Kier alpha value is -1.04. The van der Waals surface area contributed by atoms with Gasteiger partial charge >= 0.3 is 0 Å². The molecule has 0 radical (unpaired) electrons. The molecule has 3 rings (SSSR count). The maximum absolute atomic E-state index is 5.80. The van der Waals surface area contributed by atoms with E-state index in [1.54, 1.807) is 6.20 Å². The van der Waals surface area contributed by atoms with Crippen molar-refractivity contribution in [2.24, 2.45) is 0 Å². The predicted octanol–water partition coefficient (Wildman–Crippen LogP) is 4.65. The molecule has 18 heavy (non-hydrogen) atoms. The van der Waals surface area contributed by atoms with Crippen LogP contribution in [0, 0.1) is 0 Å². The van der Waals surface area contributed by atoms with Crippen LogP contribution < -0.4 is 5.32 Å². The molecule has 0 spiro atoms. The van der Waals surface area contributed by atoms with Gasteiger partial charge in [-0.3, -0.25) is 0 Å². The molecule has 0 amide bonds. The van der Waals surface area contributed by atoms with E-state index in [-0.39, 0.29) is 0 Å². The smallest absolute Gasteiger partial charge is 0.183 e. The van der Waals surface area contributed by atoms with Gasteiger partial charge in [-0.2, -0.15) is 0 Å². The Bertz CT molecular complexity index is 692. The fourth-order valence-corrected chi connectivity index (χ4v) is 3.29. The minimum atomic E-state index is 0.578. The SMILES string of the molecule is Clc1ncc(CNc2cc(Br)c3[nH]ccc3c2)s1. The quantitative estimate of drug-likeness (QED) is 0.727. The van der Waals surface area contributed by atoms with Crippen LogP contribution in [0.3, 0.4) is 0 Å². The lowest BCUT2D eigenvalue weighted by atomic mass is 10.2. The third-order valence-electron chi connectivity index (χ3n) is 2.60. The number of rotatable bonds is 3. The van der Waals surface area contributed by atoms with Crippen molar-refractivity contribution >= 4 is 55.5 Å². The summed E-state index contributed by atoms with van der Waals surface area (Å²) >= 11 is 10.8. The second-order valence-electron chi connectivity index (χ2n) is 3.83. The van der Waals surface area contributed by atoms with Crippen LogP contribution >= 0.6 is 38.9 Å². The summed E-state index contributed by atoms with van der Waals surface area (Å²) in [7, 11) is 0. The summed E-state index contributed by atoms with van der Waals surface area (Å²) in [5.41, 5.74) is 2.18. The summed E-state index contributed by atoms with van der Waals surface area (Å²) in [4.78, 5) is 8.33. The average Bonchev–Trinajstić information content (AvgIpc) is 2.95. The highest BCUT2D eigenvalue weighted by Crippen LogP contribution is 2.28. The second-order valence-corrected chi connectivity index (χ2v) is 6.38. The number of H-pyrrole nitrogens is 1. The maximum Gasteiger partial charge on any atom is 0.183 e. The number of hydrogen-bond acceptors (Lipinski definition) is 3. The van der Waals surface area contributed by atoms with E-state index in [1.807, 2.05) is 6.20 Å². The molecule has 92 valence electrons. The molecular formula is C12H9BrClN3S. The first kappa shape index (κ1) is 12.0. The molecule has 2 aromatic heterocycles. The Labute approximate surface area is 121 Å². The number of anilines is 1. The molecule has 0 saturated heterocycles. The van der Waals surface area contributed by atoms with E-state index in [0.29, 0.717) is 4.47 Å². The van der Waals surface area contributed by atoms with E-state index in [9.17, 15) is 0 Å². The van der Waals surface area contributed by atoms with Crippen molar-refractivity contribution in [3.05, 3.63) is 44.4 Å². The van der Waals surface area contributed by atoms with Crippen molar-refractivity contribution in [2.45, 2.75) is 6.54 Å². The summed E-state index contributed by atoms with van der Waals surface area (Å²) in [5, 5.41) is 4.54. The van der Waals surface area contributed by atoms with Crippen LogP contribution in [0.15, 0.2) is 35.1 Å². The number of benzene rings is 1. The number of hydrogen-bond donors (Lipinski definition) is 2. The number of nitrogens with zero attached hydrogens (tertiary/aromatic N) is 1. The van der Waals surface area contributed by atoms with Crippen molar-refractivity contribution in [2.75, 3.05) is 5.32 Å². The van der Waals surface area contributed by atoms with Crippen LogP contribution in [-0.2, 0) is 6.54 Å². The summed E-state index contributed by atoms with van der Waals surface area (Å²) < 4.78 is 1.63. The Morgan fingerprint density at radius 1 is 1.44 bits per heavy atom. The zero-order valence-corrected chi connectivity index (χ0v) is 12.4. The molecule has 2 N–H and O–H groups in total. The van der Waals surface area contributed by atoms with Gasteiger partial charge in [-0.05, 0) is 34.1 Å². The number of aromatic nitrogens is 2. The van der Waals surface area contributed by atoms with Gasteiger partial charge in [-0.15, -0.1) is 11.3 Å². The van der Waals surface area contributed by atoms with Gasteiger partial charge in [-0.1, -0.05) is 11.6 Å². The molecule has 0 fully saturated rings. The van der Waals surface area contributed by atoms with Crippen LogP contribution in [0.5, 0.6) is 0 Å². The molecule has 3 nitrogen and oxygen atoms in total. The van der Waals surface area contributed by atoms with Gasteiger partial charge in [0.1, 0.15) is 0 Å². The van der Waals surface area contributed by atoms with Gasteiger partial charge in [0.2, 0.25) is 0 Å². The van der Waals surface area contributed by atoms with Crippen molar-refractivity contribution in [3.8, 4) is 0 Å². The number of halogens is 2. The monoisotopic (exact) mass is 341 g/mol. The number of thiazole rings is 1. The number of aromatic amines is 1. The Balaban J connectivity index is 1.82. The number of nitrogens with one attached hydrogen (secondary N) is 2. The lowest BCUT2D eigenvalue weighted by Gasteiger charge is -2.06. The molecule has 0 saturated carbocycles. The number of fused-ring (bicyclic) bond motifs is 1. The summed E-state index contributed by atoms with van der Waals surface area (Å²) in [5.74, 6) is 0. The Morgan fingerprint density at radius 2 is 2.33 bits per heavy atom. The first-order valence-corrected chi connectivity index (χ1v) is 7.32. The topological polar surface area (TPSA) is 40.7 Å². The molecule has 6 heteroatoms. The summed E-state index contributed by atoms with van der Waals surface area (Å²) in [6.45, 7) is 0.729. The lowest BCUT2D eigenvalue weighted by Crippen LogP contribution is -1.97. The third-order valence-corrected chi connectivity index (χ3v) is 4.34. The van der Waals surface area contributed by atoms with Gasteiger partial charge in [-0.25, -0.2) is 4.98 Å². The molecule has 2 heterocycles. The van der Waals surface area contributed by atoms with E-state index in [1.165, 1.54) is 16.7 Å². The largest absolute Gasteiger partial charge is 0.380 e. The van der Waals surface area contributed by atoms with E-state index < -0.39 is 0 Å². The van der Waals surface area contributed by atoms with Crippen molar-refractivity contribution in [3.63, 3.8) is 0 Å². The fraction of sp³-hybridized carbons (Fsp3) is 0.0833. The van der Waals surface area contributed by atoms with Gasteiger partial charge in [0, 0.05) is 32.8 Å². The van der Waals surface area contributed by atoms with Crippen molar-refractivity contribution in [1.82, 2.24) is 9.97 Å². The second kappa shape index (κ2) is 4.91. The minimum Gasteiger partial charge on any atom is -0.380 e.